The van der Waals surface area contributed by atoms with Gasteiger partial charge in [-0.1, -0.05) is 0 Å². The lowest BCUT2D eigenvalue weighted by Crippen LogP contribution is -2.37. The number of carbonyl (C=O) groups is 2. The van der Waals surface area contributed by atoms with Crippen molar-refractivity contribution in [1.29, 1.82) is 0 Å². The van der Waals surface area contributed by atoms with Gasteiger partial charge in [-0.05, 0) is 49.9 Å². The third-order valence-electron chi connectivity index (χ3n) is 6.42. The number of carbonyl (C=O) groups excluding carboxylic acids is 2. The molecule has 0 spiro atoms. The molecule has 33 heavy (non-hydrogen) atoms. The summed E-state index contributed by atoms with van der Waals surface area (Å²) in [7, 11) is 1.76. The number of ether oxygens (including phenoxy) is 1. The highest BCUT2D eigenvalue weighted by Crippen LogP contribution is 2.44. The summed E-state index contributed by atoms with van der Waals surface area (Å²) in [6, 6.07) is 5.35. The molecular weight excluding hydrogens is 427 g/mol. The van der Waals surface area contributed by atoms with Crippen LogP contribution in [0.2, 0.25) is 0 Å². The van der Waals surface area contributed by atoms with Crippen LogP contribution in [-0.4, -0.2) is 45.5 Å². The van der Waals surface area contributed by atoms with Crippen molar-refractivity contribution in [3.8, 4) is 0 Å². The molecule has 4 heterocycles. The van der Waals surface area contributed by atoms with E-state index in [4.69, 9.17) is 10.5 Å². The minimum atomic E-state index is -1.20. The molecule has 0 aliphatic carbocycles. The molecule has 3 aromatic rings. The number of piperidine rings is 1. The topological polar surface area (TPSA) is 115 Å². The van der Waals surface area contributed by atoms with Gasteiger partial charge in [-0.3, -0.25) is 14.4 Å². The van der Waals surface area contributed by atoms with Crippen LogP contribution in [0.3, 0.4) is 0 Å². The van der Waals surface area contributed by atoms with Crippen LogP contribution in [0.1, 0.15) is 36.8 Å². The highest BCUT2D eigenvalue weighted by Gasteiger charge is 2.39. The van der Waals surface area contributed by atoms with Gasteiger partial charge in [0, 0.05) is 48.9 Å². The Hall–Kier alpha value is -3.53. The Balaban J connectivity index is 1.62. The third kappa shape index (κ3) is 3.80. The van der Waals surface area contributed by atoms with Crippen LogP contribution in [0.4, 0.5) is 15.9 Å². The van der Waals surface area contributed by atoms with E-state index in [0.29, 0.717) is 23.3 Å². The number of aryl methyl sites for hydroxylation is 1. The molecule has 0 radical (unpaired) electrons. The van der Waals surface area contributed by atoms with E-state index in [1.165, 1.54) is 6.07 Å². The Morgan fingerprint density at radius 1 is 1.33 bits per heavy atom. The summed E-state index contributed by atoms with van der Waals surface area (Å²) in [5.74, 6) is -2.08. The van der Waals surface area contributed by atoms with Crippen molar-refractivity contribution in [2.75, 3.05) is 11.4 Å². The van der Waals surface area contributed by atoms with Crippen LogP contribution in [0.15, 0.2) is 30.6 Å². The zero-order valence-corrected chi connectivity index (χ0v) is 18.4. The summed E-state index contributed by atoms with van der Waals surface area (Å²) in [6.07, 6.45) is 4.73. The fourth-order valence-electron chi connectivity index (χ4n) is 5.00. The fourth-order valence-corrected chi connectivity index (χ4v) is 5.00. The number of nitrogens with one attached hydrogen (secondary N) is 1. The van der Waals surface area contributed by atoms with Crippen molar-refractivity contribution < 1.29 is 18.7 Å². The van der Waals surface area contributed by atoms with Crippen LogP contribution >= 0.6 is 0 Å². The molecule has 0 saturated carbocycles. The first-order valence-electron chi connectivity index (χ1n) is 11.0. The van der Waals surface area contributed by atoms with E-state index in [1.54, 1.807) is 35.1 Å². The van der Waals surface area contributed by atoms with Crippen LogP contribution in [0.25, 0.3) is 10.9 Å². The first-order valence-corrected chi connectivity index (χ1v) is 11.0. The van der Waals surface area contributed by atoms with Gasteiger partial charge in [-0.2, -0.15) is 5.10 Å². The van der Waals surface area contributed by atoms with Crippen molar-refractivity contribution in [2.45, 2.75) is 44.4 Å². The second-order valence-corrected chi connectivity index (χ2v) is 8.74. The van der Waals surface area contributed by atoms with E-state index in [9.17, 15) is 9.59 Å². The molecule has 2 aliphatic rings. The molecule has 2 aliphatic heterocycles. The lowest BCUT2D eigenvalue weighted by atomic mass is 9.84. The number of benzene rings is 1. The molecule has 1 amide bonds. The maximum Gasteiger partial charge on any atom is 0.398 e. The highest BCUT2D eigenvalue weighted by molar-refractivity contribution is 6.31. The molecule has 1 fully saturated rings. The number of pyridine rings is 1. The second-order valence-electron chi connectivity index (χ2n) is 8.74. The number of esters is 1. The van der Waals surface area contributed by atoms with Crippen LogP contribution in [-0.2, 0) is 27.8 Å². The van der Waals surface area contributed by atoms with Crippen LogP contribution in [0.5, 0.6) is 0 Å². The lowest BCUT2D eigenvalue weighted by molar-refractivity contribution is -0.157. The normalized spacial score (nSPS) is 22.4. The molecule has 1 aromatic carbocycles. The summed E-state index contributed by atoms with van der Waals surface area (Å²) in [6.45, 7) is 3.05. The van der Waals surface area contributed by atoms with E-state index in [-0.39, 0.29) is 12.1 Å². The van der Waals surface area contributed by atoms with Gasteiger partial charge in [-0.15, -0.1) is 0 Å². The fraction of sp³-hybridized carbons (Fsp3) is 0.391. The Labute approximate surface area is 189 Å². The molecule has 9 nitrogen and oxygen atoms in total. The van der Waals surface area contributed by atoms with Crippen molar-refractivity contribution in [2.24, 2.45) is 12.8 Å². The van der Waals surface area contributed by atoms with Crippen LogP contribution in [0, 0.1) is 5.82 Å². The van der Waals surface area contributed by atoms with Crippen molar-refractivity contribution in [3.63, 3.8) is 0 Å². The maximum absolute atomic E-state index is 15.3. The maximum atomic E-state index is 15.3. The SMILES string of the molecule is C[C@H]1C[C@@H](c2ccnc3c2CC(OC(=O)C(N)=O)N3c2cc3cn(C)nc3cc2F)CCN1. The van der Waals surface area contributed by atoms with Gasteiger partial charge in [0.1, 0.15) is 11.6 Å². The predicted molar refractivity (Wildman–Crippen MR) is 119 cm³/mol. The summed E-state index contributed by atoms with van der Waals surface area (Å²) in [5.41, 5.74) is 7.84. The molecule has 0 bridgehead atoms. The van der Waals surface area contributed by atoms with Gasteiger partial charge in [0.05, 0.1) is 11.2 Å². The summed E-state index contributed by atoms with van der Waals surface area (Å²) < 4.78 is 22.3. The summed E-state index contributed by atoms with van der Waals surface area (Å²) in [4.78, 5) is 29.6. The number of aromatic nitrogens is 3. The summed E-state index contributed by atoms with van der Waals surface area (Å²) >= 11 is 0. The van der Waals surface area contributed by atoms with E-state index in [1.807, 2.05) is 6.07 Å². The van der Waals surface area contributed by atoms with Crippen molar-refractivity contribution in [1.82, 2.24) is 20.1 Å². The number of halogens is 1. The molecule has 5 rings (SSSR count). The van der Waals surface area contributed by atoms with Crippen molar-refractivity contribution in [3.05, 3.63) is 47.5 Å². The monoisotopic (exact) mass is 452 g/mol. The van der Waals surface area contributed by atoms with Gasteiger partial charge in [0.15, 0.2) is 6.23 Å². The number of primary amides is 1. The molecule has 2 aromatic heterocycles. The van der Waals surface area contributed by atoms with Gasteiger partial charge in [-0.25, -0.2) is 14.2 Å². The van der Waals surface area contributed by atoms with Gasteiger partial charge >= 0.3 is 11.9 Å². The number of nitrogens with two attached hydrogens (primary N) is 1. The van der Waals surface area contributed by atoms with Crippen LogP contribution < -0.4 is 16.0 Å². The van der Waals surface area contributed by atoms with Gasteiger partial charge in [0.2, 0.25) is 0 Å². The van der Waals surface area contributed by atoms with Gasteiger partial charge in [0.25, 0.3) is 0 Å². The molecule has 1 saturated heterocycles. The van der Waals surface area contributed by atoms with Gasteiger partial charge < -0.3 is 15.8 Å². The summed E-state index contributed by atoms with van der Waals surface area (Å²) in [5, 5.41) is 8.43. The smallest absolute Gasteiger partial charge is 0.398 e. The first kappa shape index (κ1) is 21.3. The number of anilines is 2. The molecule has 1 unspecified atom stereocenters. The first-order chi connectivity index (χ1) is 15.8. The number of hydrogen-bond donors (Lipinski definition) is 2. The van der Waals surface area contributed by atoms with E-state index >= 15 is 4.39 Å². The Kier molecular flexibility index (Phi) is 5.24. The zero-order chi connectivity index (χ0) is 23.3. The molecule has 172 valence electrons. The molecule has 3 atom stereocenters. The predicted octanol–water partition coefficient (Wildman–Crippen LogP) is 2.01. The third-order valence-corrected chi connectivity index (χ3v) is 6.42. The average molecular weight is 452 g/mol. The highest BCUT2D eigenvalue weighted by atomic mass is 19.1. The Morgan fingerprint density at radius 2 is 2.15 bits per heavy atom. The Bertz CT molecular complexity index is 1260. The molecular formula is C23H25FN6O3. The lowest BCUT2D eigenvalue weighted by Gasteiger charge is -2.29. The second kappa shape index (κ2) is 8.11. The number of rotatable bonds is 3. The molecule has 3 N–H and O–H groups in total. The zero-order valence-electron chi connectivity index (χ0n) is 18.4. The minimum absolute atomic E-state index is 0.194. The number of hydrogen-bond acceptors (Lipinski definition) is 7. The van der Waals surface area contributed by atoms with E-state index in [2.05, 4.69) is 22.3 Å². The minimum Gasteiger partial charge on any atom is -0.434 e. The largest absolute Gasteiger partial charge is 0.434 e. The number of fused-ring (bicyclic) bond motifs is 2. The Morgan fingerprint density at radius 3 is 2.91 bits per heavy atom. The number of nitrogens with zero attached hydrogens (tertiary/aromatic N) is 4. The quantitative estimate of drug-likeness (QED) is 0.461. The standard InChI is InChI=1S/C23H25FN6O3/c1-12-7-13(3-5-26-12)15-4-6-27-22-16(15)9-20(33-23(32)21(25)31)30(22)19-8-14-11-29(2)28-18(14)10-17(19)24/h4,6,8,10-13,20,26H,3,5,7,9H2,1-2H3,(H2,25,31)/t12-,13-,20?/m0/s1. The van der Waals surface area contributed by atoms with E-state index in [0.717, 1.165) is 35.9 Å². The number of amides is 1. The van der Waals surface area contributed by atoms with Crippen molar-refractivity contribution >= 4 is 34.3 Å². The van der Waals surface area contributed by atoms with E-state index < -0.39 is 23.9 Å². The average Bonchev–Trinajstić information content (AvgIpc) is 3.31. The molecule has 10 heteroatoms.